The van der Waals surface area contributed by atoms with Crippen molar-refractivity contribution >= 4 is 37.8 Å². The first-order chi connectivity index (χ1) is 14.5. The molecular formula is C23H14Br2N2O3. The highest BCUT2D eigenvalue weighted by Crippen LogP contribution is 2.45. The minimum atomic E-state index is -0.484. The predicted octanol–water partition coefficient (Wildman–Crippen LogP) is 5.65. The number of halogens is 2. The zero-order chi connectivity index (χ0) is 21.3. The standard InChI is InChI=1S/C23H14Br2N2O3/c24-14-7-5-13(6-8-14)23(28)29-15-9-10-17-20(11-15)30-22(27)18(12-26)21(17)16-3-1-2-4-19(16)25/h1-11,21H,27H2. The highest BCUT2D eigenvalue weighted by molar-refractivity contribution is 9.10. The second-order valence-electron chi connectivity index (χ2n) is 6.54. The lowest BCUT2D eigenvalue weighted by Crippen LogP contribution is -2.21. The van der Waals surface area contributed by atoms with E-state index in [1.165, 1.54) is 0 Å². The number of allylic oxidation sites excluding steroid dienone is 1. The molecule has 0 fully saturated rings. The van der Waals surface area contributed by atoms with Crippen molar-refractivity contribution in [3.8, 4) is 17.6 Å². The molecule has 2 N–H and O–H groups in total. The number of carbonyl (C=O) groups excluding carboxylic acids is 1. The van der Waals surface area contributed by atoms with Gasteiger partial charge in [0.2, 0.25) is 5.88 Å². The number of hydrogen-bond acceptors (Lipinski definition) is 5. The third kappa shape index (κ3) is 3.84. The number of nitrogens with two attached hydrogens (primary N) is 1. The summed E-state index contributed by atoms with van der Waals surface area (Å²) in [4.78, 5) is 12.4. The van der Waals surface area contributed by atoms with E-state index in [1.54, 1.807) is 42.5 Å². The maximum atomic E-state index is 12.4. The van der Waals surface area contributed by atoms with Gasteiger partial charge in [-0.1, -0.05) is 56.1 Å². The molecule has 0 amide bonds. The number of fused-ring (bicyclic) bond motifs is 1. The van der Waals surface area contributed by atoms with Crippen molar-refractivity contribution in [1.82, 2.24) is 0 Å². The average Bonchev–Trinajstić information content (AvgIpc) is 2.73. The number of benzene rings is 3. The summed E-state index contributed by atoms with van der Waals surface area (Å²) >= 11 is 6.89. The van der Waals surface area contributed by atoms with Crippen molar-refractivity contribution in [2.24, 2.45) is 5.73 Å². The van der Waals surface area contributed by atoms with Gasteiger partial charge in [-0.15, -0.1) is 0 Å². The second kappa shape index (κ2) is 8.34. The predicted molar refractivity (Wildman–Crippen MR) is 119 cm³/mol. The number of nitriles is 1. The molecule has 0 aliphatic carbocycles. The largest absolute Gasteiger partial charge is 0.440 e. The topological polar surface area (TPSA) is 85.3 Å². The molecule has 0 saturated heterocycles. The van der Waals surface area contributed by atoms with Crippen LogP contribution in [-0.4, -0.2) is 5.97 Å². The second-order valence-corrected chi connectivity index (χ2v) is 8.31. The first-order valence-corrected chi connectivity index (χ1v) is 10.5. The lowest BCUT2D eigenvalue weighted by atomic mass is 9.83. The van der Waals surface area contributed by atoms with E-state index in [0.717, 1.165) is 20.1 Å². The fourth-order valence-electron chi connectivity index (χ4n) is 3.28. The molecule has 5 nitrogen and oxygen atoms in total. The van der Waals surface area contributed by atoms with E-state index in [-0.39, 0.29) is 5.88 Å². The molecule has 1 heterocycles. The highest BCUT2D eigenvalue weighted by atomic mass is 79.9. The Morgan fingerprint density at radius 2 is 1.77 bits per heavy atom. The van der Waals surface area contributed by atoms with E-state index in [2.05, 4.69) is 37.9 Å². The van der Waals surface area contributed by atoms with Crippen molar-refractivity contribution in [1.29, 1.82) is 5.26 Å². The monoisotopic (exact) mass is 524 g/mol. The molecule has 30 heavy (non-hydrogen) atoms. The number of hydrogen-bond donors (Lipinski definition) is 1. The Morgan fingerprint density at radius 1 is 1.03 bits per heavy atom. The number of nitrogens with zero attached hydrogens (tertiary/aromatic N) is 1. The minimum absolute atomic E-state index is 0.0298. The Bertz CT molecular complexity index is 1210. The molecule has 1 atom stereocenters. The number of rotatable bonds is 3. The normalized spacial score (nSPS) is 15.0. The van der Waals surface area contributed by atoms with Crippen LogP contribution in [0.4, 0.5) is 0 Å². The van der Waals surface area contributed by atoms with Crippen LogP contribution >= 0.6 is 31.9 Å². The Kier molecular flexibility index (Phi) is 5.62. The fourth-order valence-corrected chi connectivity index (χ4v) is 4.06. The van der Waals surface area contributed by atoms with Gasteiger partial charge in [0.1, 0.15) is 23.1 Å². The van der Waals surface area contributed by atoms with Crippen molar-refractivity contribution in [2.75, 3.05) is 0 Å². The molecule has 0 saturated carbocycles. The molecule has 3 aromatic rings. The van der Waals surface area contributed by atoms with Gasteiger partial charge >= 0.3 is 5.97 Å². The molecule has 148 valence electrons. The van der Waals surface area contributed by atoms with E-state index < -0.39 is 11.9 Å². The summed E-state index contributed by atoms with van der Waals surface area (Å²) in [5.74, 6) is -0.0938. The van der Waals surface area contributed by atoms with Crippen LogP contribution in [0.2, 0.25) is 0 Å². The van der Waals surface area contributed by atoms with Crippen LogP contribution in [-0.2, 0) is 0 Å². The van der Waals surface area contributed by atoms with Crippen LogP contribution in [0.25, 0.3) is 0 Å². The van der Waals surface area contributed by atoms with Gasteiger partial charge in [0.25, 0.3) is 0 Å². The lowest BCUT2D eigenvalue weighted by Gasteiger charge is -2.27. The minimum Gasteiger partial charge on any atom is -0.440 e. The van der Waals surface area contributed by atoms with Crippen molar-refractivity contribution in [2.45, 2.75) is 5.92 Å². The molecule has 0 bridgehead atoms. The Morgan fingerprint density at radius 3 is 2.47 bits per heavy atom. The molecule has 4 rings (SSSR count). The Hall–Kier alpha value is -3.08. The summed E-state index contributed by atoms with van der Waals surface area (Å²) in [5, 5.41) is 9.67. The van der Waals surface area contributed by atoms with Crippen molar-refractivity contribution in [3.63, 3.8) is 0 Å². The van der Waals surface area contributed by atoms with Crippen LogP contribution in [0.3, 0.4) is 0 Å². The maximum Gasteiger partial charge on any atom is 0.343 e. The van der Waals surface area contributed by atoms with Crippen LogP contribution in [0.5, 0.6) is 11.5 Å². The molecule has 0 aromatic heterocycles. The molecule has 3 aromatic carbocycles. The first-order valence-electron chi connectivity index (χ1n) is 8.91. The lowest BCUT2D eigenvalue weighted by molar-refractivity contribution is 0.0734. The summed E-state index contributed by atoms with van der Waals surface area (Å²) in [6, 6.07) is 21.7. The summed E-state index contributed by atoms with van der Waals surface area (Å²) in [6.45, 7) is 0. The smallest absolute Gasteiger partial charge is 0.343 e. The van der Waals surface area contributed by atoms with Gasteiger partial charge in [-0.05, 0) is 42.0 Å². The average molecular weight is 526 g/mol. The van der Waals surface area contributed by atoms with E-state index in [9.17, 15) is 10.1 Å². The fraction of sp³-hybridized carbons (Fsp3) is 0.0435. The highest BCUT2D eigenvalue weighted by Gasteiger charge is 2.32. The first kappa shape index (κ1) is 20.2. The molecule has 0 radical (unpaired) electrons. The van der Waals surface area contributed by atoms with Crippen LogP contribution < -0.4 is 15.2 Å². The molecule has 0 spiro atoms. The van der Waals surface area contributed by atoms with E-state index >= 15 is 0 Å². The van der Waals surface area contributed by atoms with Gasteiger partial charge < -0.3 is 15.2 Å². The zero-order valence-corrected chi connectivity index (χ0v) is 18.6. The van der Waals surface area contributed by atoms with Gasteiger partial charge in [-0.2, -0.15) is 5.26 Å². The number of ether oxygens (including phenoxy) is 2. The van der Waals surface area contributed by atoms with Crippen molar-refractivity contribution in [3.05, 3.63) is 104 Å². The van der Waals surface area contributed by atoms with Gasteiger partial charge in [0.05, 0.1) is 11.5 Å². The summed E-state index contributed by atoms with van der Waals surface area (Å²) in [7, 11) is 0. The van der Waals surface area contributed by atoms with Crippen LogP contribution in [0, 0.1) is 11.3 Å². The Labute approximate surface area is 190 Å². The van der Waals surface area contributed by atoms with Crippen LogP contribution in [0.1, 0.15) is 27.4 Å². The summed E-state index contributed by atoms with van der Waals surface area (Å²) in [5.41, 5.74) is 8.45. The zero-order valence-electron chi connectivity index (χ0n) is 15.4. The third-order valence-electron chi connectivity index (χ3n) is 4.70. The Balaban J connectivity index is 1.70. The van der Waals surface area contributed by atoms with Gasteiger partial charge in [0.15, 0.2) is 0 Å². The van der Waals surface area contributed by atoms with Gasteiger partial charge in [-0.3, -0.25) is 0 Å². The molecular weight excluding hydrogens is 512 g/mol. The maximum absolute atomic E-state index is 12.4. The molecule has 1 unspecified atom stereocenters. The summed E-state index contributed by atoms with van der Waals surface area (Å²) < 4.78 is 12.9. The third-order valence-corrected chi connectivity index (χ3v) is 5.95. The van der Waals surface area contributed by atoms with Gasteiger partial charge in [0, 0.05) is 20.6 Å². The molecule has 7 heteroatoms. The SMILES string of the molecule is N#CC1=C(N)Oc2cc(OC(=O)c3ccc(Br)cc3)ccc2C1c1ccccc1Br. The number of carbonyl (C=O) groups is 1. The van der Waals surface area contributed by atoms with E-state index in [0.29, 0.717) is 22.6 Å². The number of esters is 1. The van der Waals surface area contributed by atoms with Crippen molar-refractivity contribution < 1.29 is 14.3 Å². The molecule has 1 aliphatic rings. The van der Waals surface area contributed by atoms with E-state index in [4.69, 9.17) is 15.2 Å². The van der Waals surface area contributed by atoms with Crippen LogP contribution in [0.15, 0.2) is 87.1 Å². The quantitative estimate of drug-likeness (QED) is 0.353. The van der Waals surface area contributed by atoms with Gasteiger partial charge in [-0.25, -0.2) is 4.79 Å². The summed E-state index contributed by atoms with van der Waals surface area (Å²) in [6.07, 6.45) is 0. The molecule has 1 aliphatic heterocycles. The van der Waals surface area contributed by atoms with E-state index in [1.807, 2.05) is 24.3 Å².